The van der Waals surface area contributed by atoms with Crippen molar-refractivity contribution >= 4 is 28.9 Å². The van der Waals surface area contributed by atoms with Crippen LogP contribution in [-0.2, 0) is 4.74 Å². The van der Waals surface area contributed by atoms with Gasteiger partial charge in [0.25, 0.3) is 0 Å². The molecule has 0 bridgehead atoms. The van der Waals surface area contributed by atoms with E-state index in [0.717, 1.165) is 0 Å². The Morgan fingerprint density at radius 3 is 2.82 bits per heavy atom. The van der Waals surface area contributed by atoms with Crippen LogP contribution in [0.5, 0.6) is 0 Å². The molecule has 0 amide bonds. The first-order valence-corrected chi connectivity index (χ1v) is 6.55. The van der Waals surface area contributed by atoms with Crippen LogP contribution in [-0.4, -0.2) is 29.5 Å². The van der Waals surface area contributed by atoms with Crippen molar-refractivity contribution < 1.29 is 4.74 Å². The number of aromatic nitrogens is 2. The molecule has 1 fully saturated rings. The SMILES string of the molecule is Clc1cc(NCCOC2CCCC2)c(Cl)nn1. The summed E-state index contributed by atoms with van der Waals surface area (Å²) in [5.41, 5.74) is 0.696. The van der Waals surface area contributed by atoms with Gasteiger partial charge in [-0.3, -0.25) is 0 Å². The summed E-state index contributed by atoms with van der Waals surface area (Å²) < 4.78 is 5.72. The minimum atomic E-state index is 0.327. The second kappa shape index (κ2) is 6.38. The van der Waals surface area contributed by atoms with Crippen molar-refractivity contribution in [2.75, 3.05) is 18.5 Å². The van der Waals surface area contributed by atoms with Gasteiger partial charge in [-0.05, 0) is 12.8 Å². The van der Waals surface area contributed by atoms with Crippen molar-refractivity contribution in [1.29, 1.82) is 0 Å². The molecule has 1 aliphatic rings. The van der Waals surface area contributed by atoms with E-state index < -0.39 is 0 Å². The summed E-state index contributed by atoms with van der Waals surface area (Å²) in [6.07, 6.45) is 5.38. The van der Waals surface area contributed by atoms with Gasteiger partial charge in [-0.2, -0.15) is 0 Å². The van der Waals surface area contributed by atoms with Gasteiger partial charge in [-0.15, -0.1) is 10.2 Å². The van der Waals surface area contributed by atoms with Gasteiger partial charge in [0.05, 0.1) is 18.4 Å². The molecule has 1 aromatic heterocycles. The molecule has 4 nitrogen and oxygen atoms in total. The standard InChI is InChI=1S/C11H15Cl2N3O/c12-10-7-9(11(13)16-15-10)14-5-6-17-8-3-1-2-4-8/h7-8H,1-6H2,(H,14,15). The lowest BCUT2D eigenvalue weighted by Gasteiger charge is -2.12. The minimum absolute atomic E-state index is 0.327. The molecule has 0 spiro atoms. The Hall–Kier alpha value is -0.580. The van der Waals surface area contributed by atoms with Crippen LogP contribution in [0.1, 0.15) is 25.7 Å². The predicted octanol–water partition coefficient (Wildman–Crippen LogP) is 3.15. The Morgan fingerprint density at radius 2 is 2.06 bits per heavy atom. The fourth-order valence-electron chi connectivity index (χ4n) is 1.94. The average molecular weight is 276 g/mol. The Labute approximate surface area is 111 Å². The molecule has 17 heavy (non-hydrogen) atoms. The number of nitrogens with one attached hydrogen (secondary N) is 1. The monoisotopic (exact) mass is 275 g/mol. The number of rotatable bonds is 5. The van der Waals surface area contributed by atoms with Crippen molar-refractivity contribution in [3.63, 3.8) is 0 Å². The maximum atomic E-state index is 5.87. The summed E-state index contributed by atoms with van der Waals surface area (Å²) in [7, 11) is 0. The Balaban J connectivity index is 1.72. The van der Waals surface area contributed by atoms with Gasteiger partial charge in [-0.1, -0.05) is 36.0 Å². The summed E-state index contributed by atoms with van der Waals surface area (Å²) in [4.78, 5) is 0. The van der Waals surface area contributed by atoms with Gasteiger partial charge < -0.3 is 10.1 Å². The molecular weight excluding hydrogens is 261 g/mol. The highest BCUT2D eigenvalue weighted by molar-refractivity contribution is 6.33. The van der Waals surface area contributed by atoms with Crippen LogP contribution >= 0.6 is 23.2 Å². The van der Waals surface area contributed by atoms with Crippen molar-refractivity contribution in [2.45, 2.75) is 31.8 Å². The van der Waals surface area contributed by atoms with Crippen LogP contribution in [0.4, 0.5) is 5.69 Å². The zero-order chi connectivity index (χ0) is 12.1. The van der Waals surface area contributed by atoms with Crippen LogP contribution in [0.3, 0.4) is 0 Å². The molecule has 94 valence electrons. The minimum Gasteiger partial charge on any atom is -0.380 e. The summed E-state index contributed by atoms with van der Waals surface area (Å²) in [6, 6.07) is 1.66. The molecule has 0 atom stereocenters. The predicted molar refractivity (Wildman–Crippen MR) is 68.7 cm³/mol. The summed E-state index contributed by atoms with van der Waals surface area (Å²) in [5.74, 6) is 0. The molecule has 0 aliphatic heterocycles. The first-order valence-electron chi connectivity index (χ1n) is 5.80. The van der Waals surface area contributed by atoms with Crippen LogP contribution in [0.25, 0.3) is 0 Å². The first kappa shape index (κ1) is 12.9. The lowest BCUT2D eigenvalue weighted by molar-refractivity contribution is 0.0659. The zero-order valence-corrected chi connectivity index (χ0v) is 11.0. The highest BCUT2D eigenvalue weighted by Gasteiger charge is 2.14. The molecule has 1 aliphatic carbocycles. The number of halogens is 2. The van der Waals surface area contributed by atoms with Crippen LogP contribution in [0.15, 0.2) is 6.07 Å². The van der Waals surface area contributed by atoms with Gasteiger partial charge in [-0.25, -0.2) is 0 Å². The van der Waals surface area contributed by atoms with Gasteiger partial charge >= 0.3 is 0 Å². The average Bonchev–Trinajstić information content (AvgIpc) is 2.82. The number of ether oxygens (including phenoxy) is 1. The third-order valence-electron chi connectivity index (χ3n) is 2.79. The molecule has 1 N–H and O–H groups in total. The third-order valence-corrected chi connectivity index (χ3v) is 3.26. The number of hydrogen-bond donors (Lipinski definition) is 1. The molecule has 1 saturated carbocycles. The second-order valence-corrected chi connectivity index (χ2v) is 4.82. The molecule has 0 unspecified atom stereocenters. The molecule has 6 heteroatoms. The van der Waals surface area contributed by atoms with Crippen LogP contribution in [0.2, 0.25) is 10.3 Å². The van der Waals surface area contributed by atoms with E-state index in [-0.39, 0.29) is 0 Å². The normalized spacial score (nSPS) is 16.4. The quantitative estimate of drug-likeness (QED) is 0.839. The zero-order valence-electron chi connectivity index (χ0n) is 9.46. The summed E-state index contributed by atoms with van der Waals surface area (Å²) in [6.45, 7) is 1.36. The number of anilines is 1. The summed E-state index contributed by atoms with van der Waals surface area (Å²) >= 11 is 11.6. The molecular formula is C11H15Cl2N3O. The molecule has 2 rings (SSSR count). The van der Waals surface area contributed by atoms with E-state index >= 15 is 0 Å². The van der Waals surface area contributed by atoms with Crippen molar-refractivity contribution in [2.24, 2.45) is 0 Å². The summed E-state index contributed by atoms with van der Waals surface area (Å²) in [5, 5.41) is 11.1. The maximum Gasteiger partial charge on any atom is 0.174 e. The van der Waals surface area contributed by atoms with Crippen LogP contribution in [0, 0.1) is 0 Å². The highest BCUT2D eigenvalue weighted by atomic mass is 35.5. The fourth-order valence-corrected chi connectivity index (χ4v) is 2.25. The molecule has 0 saturated heterocycles. The van der Waals surface area contributed by atoms with E-state index in [1.807, 2.05) is 0 Å². The smallest absolute Gasteiger partial charge is 0.174 e. The van der Waals surface area contributed by atoms with Crippen molar-refractivity contribution in [3.8, 4) is 0 Å². The van der Waals surface area contributed by atoms with E-state index in [1.165, 1.54) is 25.7 Å². The van der Waals surface area contributed by atoms with Gasteiger partial charge in [0.1, 0.15) is 0 Å². The van der Waals surface area contributed by atoms with E-state index in [9.17, 15) is 0 Å². The fraction of sp³-hybridized carbons (Fsp3) is 0.636. The largest absolute Gasteiger partial charge is 0.380 e. The van der Waals surface area contributed by atoms with E-state index in [2.05, 4.69) is 15.5 Å². The molecule has 1 aromatic rings. The Kier molecular flexibility index (Phi) is 4.83. The number of hydrogen-bond acceptors (Lipinski definition) is 4. The molecule has 1 heterocycles. The van der Waals surface area contributed by atoms with Gasteiger partial charge in [0, 0.05) is 12.6 Å². The van der Waals surface area contributed by atoms with Crippen LogP contribution < -0.4 is 5.32 Å². The maximum absolute atomic E-state index is 5.87. The van der Waals surface area contributed by atoms with Gasteiger partial charge in [0.2, 0.25) is 0 Å². The highest BCUT2D eigenvalue weighted by Crippen LogP contribution is 2.22. The van der Waals surface area contributed by atoms with Crippen molar-refractivity contribution in [1.82, 2.24) is 10.2 Å². The second-order valence-electron chi connectivity index (χ2n) is 4.08. The third kappa shape index (κ3) is 3.98. The Morgan fingerprint density at radius 1 is 1.29 bits per heavy atom. The van der Waals surface area contributed by atoms with E-state index in [0.29, 0.717) is 35.2 Å². The van der Waals surface area contributed by atoms with E-state index in [4.69, 9.17) is 27.9 Å². The molecule has 0 radical (unpaired) electrons. The first-order chi connectivity index (χ1) is 8.25. The Bertz CT molecular complexity index is 370. The van der Waals surface area contributed by atoms with Gasteiger partial charge in [0.15, 0.2) is 10.3 Å². The van der Waals surface area contributed by atoms with E-state index in [1.54, 1.807) is 6.07 Å². The lowest BCUT2D eigenvalue weighted by Crippen LogP contribution is -2.15. The number of nitrogens with zero attached hydrogens (tertiary/aromatic N) is 2. The topological polar surface area (TPSA) is 47.0 Å². The van der Waals surface area contributed by atoms with Crippen molar-refractivity contribution in [3.05, 3.63) is 16.4 Å². The lowest BCUT2D eigenvalue weighted by atomic mass is 10.3. The molecule has 0 aromatic carbocycles.